The Bertz CT molecular complexity index is 1450. The van der Waals surface area contributed by atoms with Crippen LogP contribution in [0.4, 0.5) is 5.69 Å². The summed E-state index contributed by atoms with van der Waals surface area (Å²) in [6, 6.07) is 16.5. The van der Waals surface area contributed by atoms with Gasteiger partial charge in [-0.1, -0.05) is 67.4 Å². The quantitative estimate of drug-likeness (QED) is 0.290. The molecule has 1 unspecified atom stereocenters. The first-order valence-electron chi connectivity index (χ1n) is 11.4. The Morgan fingerprint density at radius 1 is 1.06 bits per heavy atom. The van der Waals surface area contributed by atoms with Gasteiger partial charge in [0.05, 0.1) is 10.6 Å². The zero-order valence-corrected chi connectivity index (χ0v) is 21.5. The molecule has 1 N–H and O–H groups in total. The van der Waals surface area contributed by atoms with E-state index in [4.69, 9.17) is 4.42 Å². The summed E-state index contributed by atoms with van der Waals surface area (Å²) in [5.41, 5.74) is 2.93. The second-order valence-corrected chi connectivity index (χ2v) is 12.3. The van der Waals surface area contributed by atoms with Crippen LogP contribution in [0.25, 0.3) is 21.7 Å². The molecule has 4 nitrogen and oxygen atoms in total. The van der Waals surface area contributed by atoms with Gasteiger partial charge in [-0.15, -0.1) is 0 Å². The van der Waals surface area contributed by atoms with Crippen LogP contribution in [0, 0.1) is 11.3 Å². The highest BCUT2D eigenvalue weighted by atomic mass is 79.9. The third-order valence-corrected chi connectivity index (χ3v) is 9.35. The Balaban J connectivity index is 1.65. The highest BCUT2D eigenvalue weighted by molar-refractivity contribution is 9.10. The fourth-order valence-corrected chi connectivity index (χ4v) is 6.29. The molecule has 5 rings (SSSR count). The van der Waals surface area contributed by atoms with E-state index < -0.39 is 10.0 Å². The molecule has 172 valence electrons. The number of rotatable bonds is 5. The average molecular weight is 526 g/mol. The molecule has 6 heteroatoms. The first-order valence-corrected chi connectivity index (χ1v) is 13.7. The van der Waals surface area contributed by atoms with Crippen LogP contribution in [0.3, 0.4) is 0 Å². The maximum absolute atomic E-state index is 13.2. The summed E-state index contributed by atoms with van der Waals surface area (Å²) in [7, 11) is -3.73. The van der Waals surface area contributed by atoms with Gasteiger partial charge in [0.1, 0.15) is 11.3 Å². The molecule has 4 aromatic rings. The number of halogens is 1. The Morgan fingerprint density at radius 3 is 2.45 bits per heavy atom. The molecular formula is C27H28BrNO3S. The molecule has 1 aliphatic rings. The van der Waals surface area contributed by atoms with E-state index in [2.05, 4.69) is 41.4 Å². The number of benzene rings is 3. The van der Waals surface area contributed by atoms with E-state index in [1.165, 1.54) is 5.56 Å². The molecule has 1 aliphatic carbocycles. The summed E-state index contributed by atoms with van der Waals surface area (Å²) >= 11 is 3.37. The predicted octanol–water partition coefficient (Wildman–Crippen LogP) is 7.69. The van der Waals surface area contributed by atoms with Crippen molar-refractivity contribution < 1.29 is 12.8 Å². The molecule has 3 aromatic carbocycles. The molecule has 1 heterocycles. The number of sulfonamides is 1. The summed E-state index contributed by atoms with van der Waals surface area (Å²) in [6.07, 6.45) is 4.13. The van der Waals surface area contributed by atoms with Gasteiger partial charge >= 0.3 is 0 Å². The lowest BCUT2D eigenvalue weighted by Crippen LogP contribution is -2.28. The fourth-order valence-electron chi connectivity index (χ4n) is 4.95. The maximum atomic E-state index is 13.2. The van der Waals surface area contributed by atoms with Gasteiger partial charge in [0.25, 0.3) is 10.0 Å². The van der Waals surface area contributed by atoms with E-state index in [0.717, 1.165) is 57.7 Å². The van der Waals surface area contributed by atoms with Crippen molar-refractivity contribution in [2.75, 3.05) is 4.72 Å². The van der Waals surface area contributed by atoms with Crippen molar-refractivity contribution in [2.24, 2.45) is 11.3 Å². The SMILES string of the molecule is CCC(C)(C)C1CCc2oc3c(cc(NS(=O)(=O)c4ccc(Br)cc4)c4ccccc43)c2C1. The van der Waals surface area contributed by atoms with Gasteiger partial charge in [-0.3, -0.25) is 4.72 Å². The number of hydrogen-bond donors (Lipinski definition) is 1. The lowest BCUT2D eigenvalue weighted by Gasteiger charge is -2.36. The van der Waals surface area contributed by atoms with Crippen LogP contribution in [0.1, 0.15) is 44.9 Å². The second-order valence-electron chi connectivity index (χ2n) is 9.69. The Labute approximate surface area is 203 Å². The third-order valence-electron chi connectivity index (χ3n) is 7.44. The van der Waals surface area contributed by atoms with E-state index in [1.54, 1.807) is 24.3 Å². The highest BCUT2D eigenvalue weighted by Gasteiger charge is 2.34. The van der Waals surface area contributed by atoms with Crippen LogP contribution < -0.4 is 4.72 Å². The highest BCUT2D eigenvalue weighted by Crippen LogP contribution is 2.45. The second kappa shape index (κ2) is 8.17. The van der Waals surface area contributed by atoms with Crippen LogP contribution in [0.15, 0.2) is 68.4 Å². The molecule has 1 aromatic heterocycles. The normalized spacial score (nSPS) is 16.8. The molecule has 0 saturated carbocycles. The number of furan rings is 1. The van der Waals surface area contributed by atoms with Crippen molar-refractivity contribution in [1.82, 2.24) is 0 Å². The van der Waals surface area contributed by atoms with E-state index in [1.807, 2.05) is 30.3 Å². The molecule has 1 atom stereocenters. The Morgan fingerprint density at radius 2 is 1.76 bits per heavy atom. The number of hydrogen-bond acceptors (Lipinski definition) is 3. The van der Waals surface area contributed by atoms with E-state index in [-0.39, 0.29) is 10.3 Å². The van der Waals surface area contributed by atoms with Gasteiger partial charge in [-0.2, -0.15) is 0 Å². The zero-order chi connectivity index (χ0) is 23.4. The van der Waals surface area contributed by atoms with E-state index >= 15 is 0 Å². The van der Waals surface area contributed by atoms with Gasteiger partial charge in [0, 0.05) is 32.6 Å². The van der Waals surface area contributed by atoms with Crippen LogP contribution in [-0.2, 0) is 22.9 Å². The molecule has 0 saturated heterocycles. The van der Waals surface area contributed by atoms with Crippen LogP contribution in [0.2, 0.25) is 0 Å². The molecule has 0 fully saturated rings. The minimum atomic E-state index is -3.73. The molecule has 0 aliphatic heterocycles. The Hall–Kier alpha value is -2.31. The Kier molecular flexibility index (Phi) is 5.57. The average Bonchev–Trinajstić information content (AvgIpc) is 3.17. The monoisotopic (exact) mass is 525 g/mol. The van der Waals surface area contributed by atoms with Crippen molar-refractivity contribution in [3.05, 3.63) is 70.4 Å². The summed E-state index contributed by atoms with van der Waals surface area (Å²) in [6.45, 7) is 6.95. The van der Waals surface area contributed by atoms with Gasteiger partial charge in [0.15, 0.2) is 0 Å². The molecule has 33 heavy (non-hydrogen) atoms. The molecule has 0 amide bonds. The van der Waals surface area contributed by atoms with Crippen LogP contribution >= 0.6 is 15.9 Å². The molecular weight excluding hydrogens is 498 g/mol. The first kappa shape index (κ1) is 22.5. The van der Waals surface area contributed by atoms with E-state index in [0.29, 0.717) is 11.6 Å². The number of fused-ring (bicyclic) bond motifs is 5. The van der Waals surface area contributed by atoms with Gasteiger partial charge < -0.3 is 4.42 Å². The summed E-state index contributed by atoms with van der Waals surface area (Å²) in [5.74, 6) is 1.62. The summed E-state index contributed by atoms with van der Waals surface area (Å²) < 4.78 is 36.5. The standard InChI is InChI=1S/C27H28BrNO3S/c1-4-27(2,3)17-9-14-25-22(15-17)23-16-24(20-7-5-6-8-21(20)26(23)32-25)29-33(30,31)19-12-10-18(28)11-13-19/h5-8,10-13,16-17,29H,4,9,14-15H2,1-3H3. The maximum Gasteiger partial charge on any atom is 0.261 e. The molecule has 0 bridgehead atoms. The van der Waals surface area contributed by atoms with Gasteiger partial charge in [-0.05, 0) is 54.5 Å². The molecule has 0 spiro atoms. The third kappa shape index (κ3) is 3.97. The van der Waals surface area contributed by atoms with Gasteiger partial charge in [-0.25, -0.2) is 8.42 Å². The fraction of sp³-hybridized carbons (Fsp3) is 0.333. The lowest BCUT2D eigenvalue weighted by molar-refractivity contribution is 0.179. The number of nitrogens with one attached hydrogen (secondary N) is 1. The van der Waals surface area contributed by atoms with Crippen molar-refractivity contribution >= 4 is 53.4 Å². The predicted molar refractivity (Wildman–Crippen MR) is 138 cm³/mol. The topological polar surface area (TPSA) is 59.3 Å². The van der Waals surface area contributed by atoms with Crippen molar-refractivity contribution in [3.63, 3.8) is 0 Å². The van der Waals surface area contributed by atoms with Gasteiger partial charge in [0.2, 0.25) is 0 Å². The number of anilines is 1. The van der Waals surface area contributed by atoms with Crippen molar-refractivity contribution in [3.8, 4) is 0 Å². The van der Waals surface area contributed by atoms with Crippen molar-refractivity contribution in [2.45, 2.75) is 51.3 Å². The summed E-state index contributed by atoms with van der Waals surface area (Å²) in [5, 5.41) is 2.79. The smallest absolute Gasteiger partial charge is 0.261 e. The zero-order valence-electron chi connectivity index (χ0n) is 19.1. The van der Waals surface area contributed by atoms with E-state index in [9.17, 15) is 8.42 Å². The minimum Gasteiger partial charge on any atom is -0.460 e. The number of aryl methyl sites for hydroxylation is 1. The largest absolute Gasteiger partial charge is 0.460 e. The lowest BCUT2D eigenvalue weighted by atomic mass is 9.69. The minimum absolute atomic E-state index is 0.230. The summed E-state index contributed by atoms with van der Waals surface area (Å²) in [4.78, 5) is 0.230. The van der Waals surface area contributed by atoms with Crippen LogP contribution in [-0.4, -0.2) is 8.42 Å². The first-order chi connectivity index (χ1) is 15.7. The van der Waals surface area contributed by atoms with Crippen LogP contribution in [0.5, 0.6) is 0 Å². The molecule has 0 radical (unpaired) electrons. The van der Waals surface area contributed by atoms with Crippen molar-refractivity contribution in [1.29, 1.82) is 0 Å².